The Balaban J connectivity index is 1.83. The summed E-state index contributed by atoms with van der Waals surface area (Å²) >= 11 is 0. The molecule has 25 heavy (non-hydrogen) atoms. The van der Waals surface area contributed by atoms with Crippen molar-refractivity contribution in [1.29, 1.82) is 0 Å². The third-order valence-electron chi connectivity index (χ3n) is 5.08. The first-order valence-electron chi connectivity index (χ1n) is 8.73. The number of carbonyl (C=O) groups excluding carboxylic acids is 1. The van der Waals surface area contributed by atoms with Gasteiger partial charge < -0.3 is 9.64 Å². The summed E-state index contributed by atoms with van der Waals surface area (Å²) in [6, 6.07) is -0.452. The first-order chi connectivity index (χ1) is 12.0. The predicted molar refractivity (Wildman–Crippen MR) is 93.3 cm³/mol. The number of aromatic nitrogens is 2. The van der Waals surface area contributed by atoms with E-state index in [9.17, 15) is 13.2 Å². The number of rotatable bonds is 6. The van der Waals surface area contributed by atoms with Crippen LogP contribution in [-0.2, 0) is 21.0 Å². The van der Waals surface area contributed by atoms with E-state index in [4.69, 9.17) is 4.74 Å². The summed E-state index contributed by atoms with van der Waals surface area (Å²) in [6.45, 7) is 4.47. The van der Waals surface area contributed by atoms with Gasteiger partial charge in [-0.1, -0.05) is 13.3 Å². The Bertz CT molecular complexity index is 717. The first-order valence-corrected chi connectivity index (χ1v) is 10.6. The van der Waals surface area contributed by atoms with Crippen LogP contribution in [0.2, 0.25) is 0 Å². The number of hydrogen-bond acceptors (Lipinski definition) is 6. The van der Waals surface area contributed by atoms with E-state index in [1.807, 2.05) is 6.92 Å². The average Bonchev–Trinajstić information content (AvgIpc) is 3.15. The molecule has 0 spiro atoms. The van der Waals surface area contributed by atoms with Crippen LogP contribution in [0.25, 0.3) is 0 Å². The highest BCUT2D eigenvalue weighted by molar-refractivity contribution is 7.91. The fraction of sp³-hybridized carbons (Fsp3) is 0.750. The molecule has 2 aliphatic heterocycles. The van der Waals surface area contributed by atoms with Crippen molar-refractivity contribution in [1.82, 2.24) is 20.0 Å². The second-order valence-electron chi connectivity index (χ2n) is 6.75. The third kappa shape index (κ3) is 3.73. The molecular weight excluding hydrogens is 344 g/mol. The van der Waals surface area contributed by atoms with Crippen molar-refractivity contribution in [3.05, 3.63) is 17.5 Å². The van der Waals surface area contributed by atoms with Gasteiger partial charge in [-0.2, -0.15) is 5.10 Å². The summed E-state index contributed by atoms with van der Waals surface area (Å²) in [7, 11) is -1.51. The van der Waals surface area contributed by atoms with Gasteiger partial charge in [0.05, 0.1) is 35.9 Å². The largest absolute Gasteiger partial charge is 0.383 e. The molecule has 0 aliphatic carbocycles. The molecule has 140 valence electrons. The predicted octanol–water partition coefficient (Wildman–Crippen LogP) is -0.0680. The van der Waals surface area contributed by atoms with Crippen molar-refractivity contribution in [3.8, 4) is 0 Å². The van der Waals surface area contributed by atoms with E-state index in [0.29, 0.717) is 31.8 Å². The first kappa shape index (κ1) is 18.3. The summed E-state index contributed by atoms with van der Waals surface area (Å²) in [6.07, 6.45) is 3.22. The van der Waals surface area contributed by atoms with Crippen molar-refractivity contribution < 1.29 is 17.9 Å². The minimum atomic E-state index is -3.14. The van der Waals surface area contributed by atoms with E-state index < -0.39 is 9.84 Å². The number of fused-ring (bicyclic) bond motifs is 1. The molecule has 0 aromatic carbocycles. The molecule has 3 heterocycles. The van der Waals surface area contributed by atoms with Crippen LogP contribution in [0.1, 0.15) is 29.4 Å². The van der Waals surface area contributed by atoms with Crippen LogP contribution in [0.15, 0.2) is 6.20 Å². The molecule has 2 saturated heterocycles. The van der Waals surface area contributed by atoms with Gasteiger partial charge in [-0.05, 0) is 6.42 Å². The molecule has 2 aliphatic rings. The highest BCUT2D eigenvalue weighted by Crippen LogP contribution is 2.28. The van der Waals surface area contributed by atoms with E-state index in [1.165, 1.54) is 0 Å². The average molecular weight is 370 g/mol. The number of piperazine rings is 1. The van der Waals surface area contributed by atoms with Crippen LogP contribution in [0.3, 0.4) is 0 Å². The van der Waals surface area contributed by atoms with Crippen LogP contribution in [0.4, 0.5) is 0 Å². The lowest BCUT2D eigenvalue weighted by Crippen LogP contribution is -2.61. The second-order valence-corrected chi connectivity index (χ2v) is 8.90. The number of carbonyl (C=O) groups is 1. The van der Waals surface area contributed by atoms with Gasteiger partial charge in [-0.25, -0.2) is 8.42 Å². The maximum atomic E-state index is 13.1. The normalized spacial score (nSPS) is 25.9. The topological polar surface area (TPSA) is 95.6 Å². The van der Waals surface area contributed by atoms with E-state index in [1.54, 1.807) is 18.2 Å². The Kier molecular flexibility index (Phi) is 5.45. The highest BCUT2D eigenvalue weighted by Gasteiger charge is 2.48. The molecule has 3 rings (SSSR count). The van der Waals surface area contributed by atoms with Crippen LogP contribution in [0.5, 0.6) is 0 Å². The third-order valence-corrected chi connectivity index (χ3v) is 6.78. The molecule has 0 saturated carbocycles. The Morgan fingerprint density at radius 3 is 2.84 bits per heavy atom. The summed E-state index contributed by atoms with van der Waals surface area (Å²) < 4.78 is 29.6. The van der Waals surface area contributed by atoms with Crippen LogP contribution >= 0.6 is 0 Å². The van der Waals surface area contributed by atoms with Gasteiger partial charge in [0.25, 0.3) is 5.91 Å². The van der Waals surface area contributed by atoms with Crippen LogP contribution < -0.4 is 0 Å². The SMILES string of the molecule is CCCc1[nH]ncc1C(=O)N1CCN(CCOC)C2CS(=O)(=O)CC21. The van der Waals surface area contributed by atoms with Gasteiger partial charge in [0.1, 0.15) is 0 Å². The lowest BCUT2D eigenvalue weighted by molar-refractivity contribution is 0.0246. The Labute approximate surface area is 148 Å². The number of aromatic amines is 1. The molecule has 8 nitrogen and oxygen atoms in total. The van der Waals surface area contributed by atoms with E-state index in [2.05, 4.69) is 15.1 Å². The molecule has 2 fully saturated rings. The molecule has 1 N–H and O–H groups in total. The van der Waals surface area contributed by atoms with Gasteiger partial charge in [0.15, 0.2) is 9.84 Å². The number of nitrogens with zero attached hydrogens (tertiary/aromatic N) is 3. The summed E-state index contributed by atoms with van der Waals surface area (Å²) in [5.41, 5.74) is 1.39. The summed E-state index contributed by atoms with van der Waals surface area (Å²) in [4.78, 5) is 16.9. The van der Waals surface area contributed by atoms with Gasteiger partial charge in [-0.3, -0.25) is 14.8 Å². The summed E-state index contributed by atoms with van der Waals surface area (Å²) in [5, 5.41) is 6.91. The van der Waals surface area contributed by atoms with Crippen molar-refractivity contribution in [3.63, 3.8) is 0 Å². The molecular formula is C16H26N4O4S. The number of H-pyrrole nitrogens is 1. The van der Waals surface area contributed by atoms with Crippen molar-refractivity contribution in [2.45, 2.75) is 31.8 Å². The smallest absolute Gasteiger partial charge is 0.257 e. The van der Waals surface area contributed by atoms with Crippen LogP contribution in [0, 0.1) is 0 Å². The zero-order chi connectivity index (χ0) is 18.0. The van der Waals surface area contributed by atoms with E-state index in [0.717, 1.165) is 18.5 Å². The van der Waals surface area contributed by atoms with Crippen molar-refractivity contribution in [2.24, 2.45) is 0 Å². The second kappa shape index (κ2) is 7.43. The number of amides is 1. The highest BCUT2D eigenvalue weighted by atomic mass is 32.2. The molecule has 9 heteroatoms. The number of methoxy groups -OCH3 is 1. The van der Waals surface area contributed by atoms with Gasteiger partial charge in [-0.15, -0.1) is 0 Å². The fourth-order valence-corrected chi connectivity index (χ4v) is 5.87. The number of hydrogen-bond donors (Lipinski definition) is 1. The Hall–Kier alpha value is -1.45. The molecule has 1 amide bonds. The number of sulfone groups is 1. The van der Waals surface area contributed by atoms with Crippen molar-refractivity contribution in [2.75, 3.05) is 44.9 Å². The molecule has 1 aromatic heterocycles. The van der Waals surface area contributed by atoms with E-state index >= 15 is 0 Å². The summed E-state index contributed by atoms with van der Waals surface area (Å²) in [5.74, 6) is 0.0300. The van der Waals surface area contributed by atoms with E-state index in [-0.39, 0.29) is 29.5 Å². The van der Waals surface area contributed by atoms with Gasteiger partial charge >= 0.3 is 0 Å². The zero-order valence-corrected chi connectivity index (χ0v) is 15.6. The molecule has 0 bridgehead atoms. The van der Waals surface area contributed by atoms with Crippen molar-refractivity contribution >= 4 is 15.7 Å². The molecule has 2 unspecified atom stereocenters. The Morgan fingerprint density at radius 1 is 1.36 bits per heavy atom. The quantitative estimate of drug-likeness (QED) is 0.753. The lowest BCUT2D eigenvalue weighted by atomic mass is 10.0. The minimum Gasteiger partial charge on any atom is -0.383 e. The Morgan fingerprint density at radius 2 is 2.12 bits per heavy atom. The minimum absolute atomic E-state index is 0.0356. The zero-order valence-electron chi connectivity index (χ0n) is 14.8. The lowest BCUT2D eigenvalue weighted by Gasteiger charge is -2.43. The number of nitrogens with one attached hydrogen (secondary N) is 1. The fourth-order valence-electron chi connectivity index (χ4n) is 3.86. The number of ether oxygens (including phenoxy) is 1. The van der Waals surface area contributed by atoms with Gasteiger partial charge in [0, 0.05) is 38.5 Å². The van der Waals surface area contributed by atoms with Crippen LogP contribution in [-0.4, -0.2) is 91.3 Å². The standard InChI is InChI=1S/C16H26N4O4S/c1-3-4-13-12(9-17-18-13)16(21)20-6-5-19(7-8-24-2)14-10-25(22,23)11-15(14)20/h9,14-15H,3-8,10-11H2,1-2H3,(H,17,18). The molecule has 2 atom stereocenters. The maximum absolute atomic E-state index is 13.1. The molecule has 0 radical (unpaired) electrons. The monoisotopic (exact) mass is 370 g/mol. The number of aryl methyl sites for hydroxylation is 1. The van der Waals surface area contributed by atoms with Gasteiger partial charge in [0.2, 0.25) is 0 Å². The molecule has 1 aromatic rings. The maximum Gasteiger partial charge on any atom is 0.257 e.